The van der Waals surface area contributed by atoms with Crippen molar-refractivity contribution in [1.29, 1.82) is 0 Å². The Labute approximate surface area is 152 Å². The highest BCUT2D eigenvalue weighted by molar-refractivity contribution is 5.99. The molecule has 0 aliphatic heterocycles. The van der Waals surface area contributed by atoms with Gasteiger partial charge in [-0.15, -0.1) is 0 Å². The Hall–Kier alpha value is -3.28. The first-order chi connectivity index (χ1) is 12.6. The van der Waals surface area contributed by atoms with Crippen molar-refractivity contribution >= 4 is 17.6 Å². The van der Waals surface area contributed by atoms with Crippen molar-refractivity contribution in [3.63, 3.8) is 0 Å². The second kappa shape index (κ2) is 9.27. The van der Waals surface area contributed by atoms with Crippen LogP contribution in [0.25, 0.3) is 11.1 Å². The quantitative estimate of drug-likeness (QED) is 0.606. The van der Waals surface area contributed by atoms with Gasteiger partial charge in [0.25, 0.3) is 0 Å². The summed E-state index contributed by atoms with van der Waals surface area (Å²) in [4.78, 5) is 23.5. The van der Waals surface area contributed by atoms with E-state index in [9.17, 15) is 9.59 Å². The molecule has 0 amide bonds. The summed E-state index contributed by atoms with van der Waals surface area (Å²) in [5.74, 6) is -0.815. The molecule has 0 unspecified atom stereocenters. The van der Waals surface area contributed by atoms with Gasteiger partial charge in [-0.05, 0) is 30.2 Å². The van der Waals surface area contributed by atoms with Gasteiger partial charge in [0.2, 0.25) is 0 Å². The lowest BCUT2D eigenvalue weighted by molar-refractivity contribution is -0.138. The van der Waals surface area contributed by atoms with Gasteiger partial charge < -0.3 is 19.5 Å². The zero-order valence-electron chi connectivity index (χ0n) is 14.9. The summed E-state index contributed by atoms with van der Waals surface area (Å²) in [6.45, 7) is 2.31. The van der Waals surface area contributed by atoms with Gasteiger partial charge in [0.15, 0.2) is 0 Å². The lowest BCUT2D eigenvalue weighted by atomic mass is 10.0. The van der Waals surface area contributed by atoms with Crippen molar-refractivity contribution < 1.29 is 23.8 Å². The molecule has 136 valence electrons. The van der Waals surface area contributed by atoms with Crippen molar-refractivity contribution in [2.24, 2.45) is 0 Å². The van der Waals surface area contributed by atoms with E-state index < -0.39 is 11.9 Å². The van der Waals surface area contributed by atoms with E-state index in [4.69, 9.17) is 9.47 Å². The van der Waals surface area contributed by atoms with Crippen molar-refractivity contribution in [3.8, 4) is 16.9 Å². The fraction of sp³-hybridized carbons (Fsp3) is 0.200. The van der Waals surface area contributed by atoms with Gasteiger partial charge >= 0.3 is 11.9 Å². The van der Waals surface area contributed by atoms with Gasteiger partial charge in [-0.1, -0.05) is 36.4 Å². The third-order valence-electron chi connectivity index (χ3n) is 3.52. The van der Waals surface area contributed by atoms with Gasteiger partial charge in [-0.25, -0.2) is 9.59 Å². The SMILES string of the molecule is CCOc1ccc(-c2ccccc2)cc1N/C(=C/C(=O)OC)C(=O)OC. The maximum atomic E-state index is 12.0. The zero-order chi connectivity index (χ0) is 18.9. The van der Waals surface area contributed by atoms with E-state index in [1.807, 2.05) is 49.4 Å². The van der Waals surface area contributed by atoms with Gasteiger partial charge in [-0.2, -0.15) is 0 Å². The summed E-state index contributed by atoms with van der Waals surface area (Å²) >= 11 is 0. The summed E-state index contributed by atoms with van der Waals surface area (Å²) in [5.41, 5.74) is 2.42. The van der Waals surface area contributed by atoms with Crippen molar-refractivity contribution in [1.82, 2.24) is 0 Å². The minimum absolute atomic E-state index is 0.0504. The van der Waals surface area contributed by atoms with Crippen LogP contribution in [0.15, 0.2) is 60.3 Å². The Morgan fingerprint density at radius 1 is 1.00 bits per heavy atom. The lowest BCUT2D eigenvalue weighted by Crippen LogP contribution is -2.16. The molecule has 0 aliphatic carbocycles. The number of carbonyl (C=O) groups is 2. The fourth-order valence-electron chi connectivity index (χ4n) is 2.30. The predicted molar refractivity (Wildman–Crippen MR) is 98.8 cm³/mol. The van der Waals surface area contributed by atoms with Crippen molar-refractivity contribution in [2.75, 3.05) is 26.1 Å². The Morgan fingerprint density at radius 3 is 2.35 bits per heavy atom. The number of carbonyl (C=O) groups excluding carboxylic acids is 2. The number of anilines is 1. The molecule has 0 spiro atoms. The minimum Gasteiger partial charge on any atom is -0.492 e. The van der Waals surface area contributed by atoms with E-state index in [1.165, 1.54) is 14.2 Å². The molecule has 0 radical (unpaired) electrons. The first kappa shape index (κ1) is 19.1. The maximum Gasteiger partial charge on any atom is 0.354 e. The number of rotatable bonds is 7. The number of methoxy groups -OCH3 is 2. The number of benzene rings is 2. The van der Waals surface area contributed by atoms with Crippen LogP contribution in [0, 0.1) is 0 Å². The molecule has 6 heteroatoms. The van der Waals surface area contributed by atoms with E-state index >= 15 is 0 Å². The average Bonchev–Trinajstić information content (AvgIpc) is 2.68. The summed E-state index contributed by atoms with van der Waals surface area (Å²) < 4.78 is 14.9. The molecular weight excluding hydrogens is 334 g/mol. The van der Waals surface area contributed by atoms with Crippen LogP contribution >= 0.6 is 0 Å². The van der Waals surface area contributed by atoms with Crippen LogP contribution in [-0.2, 0) is 19.1 Å². The van der Waals surface area contributed by atoms with E-state index in [1.54, 1.807) is 6.07 Å². The standard InChI is InChI=1S/C20H21NO5/c1-4-26-18-11-10-15(14-8-6-5-7-9-14)12-16(18)21-17(20(23)25-3)13-19(22)24-2/h5-13,21H,4H2,1-3H3/b17-13+. The minimum atomic E-state index is -0.692. The number of hydrogen-bond acceptors (Lipinski definition) is 6. The smallest absolute Gasteiger partial charge is 0.354 e. The Morgan fingerprint density at radius 2 is 1.73 bits per heavy atom. The second-order valence-corrected chi connectivity index (χ2v) is 5.21. The molecule has 0 bridgehead atoms. The molecule has 2 aromatic rings. The fourth-order valence-corrected chi connectivity index (χ4v) is 2.30. The van der Waals surface area contributed by atoms with E-state index in [0.29, 0.717) is 18.0 Å². The number of nitrogens with one attached hydrogen (secondary N) is 1. The largest absolute Gasteiger partial charge is 0.492 e. The molecule has 0 fully saturated rings. The highest BCUT2D eigenvalue weighted by atomic mass is 16.5. The second-order valence-electron chi connectivity index (χ2n) is 5.21. The van der Waals surface area contributed by atoms with Crippen LogP contribution in [0.3, 0.4) is 0 Å². The highest BCUT2D eigenvalue weighted by Gasteiger charge is 2.16. The lowest BCUT2D eigenvalue weighted by Gasteiger charge is -2.15. The van der Waals surface area contributed by atoms with Crippen LogP contribution in [0.2, 0.25) is 0 Å². The summed E-state index contributed by atoms with van der Waals surface area (Å²) in [5, 5.41) is 2.92. The number of hydrogen-bond donors (Lipinski definition) is 1. The third-order valence-corrected chi connectivity index (χ3v) is 3.52. The van der Waals surface area contributed by atoms with E-state index in [0.717, 1.165) is 17.2 Å². The molecule has 0 aromatic heterocycles. The molecule has 2 aromatic carbocycles. The Bertz CT molecular complexity index is 799. The average molecular weight is 355 g/mol. The monoisotopic (exact) mass is 355 g/mol. The summed E-state index contributed by atoms with van der Waals surface area (Å²) in [7, 11) is 2.47. The van der Waals surface area contributed by atoms with E-state index in [-0.39, 0.29) is 5.70 Å². The summed E-state index contributed by atoms with van der Waals surface area (Å²) in [6.07, 6.45) is 1.04. The zero-order valence-corrected chi connectivity index (χ0v) is 14.9. The van der Waals surface area contributed by atoms with Crippen LogP contribution < -0.4 is 10.1 Å². The molecule has 6 nitrogen and oxygen atoms in total. The Kier molecular flexibility index (Phi) is 6.79. The third kappa shape index (κ3) is 4.86. The van der Waals surface area contributed by atoms with Gasteiger partial charge in [0.1, 0.15) is 11.4 Å². The van der Waals surface area contributed by atoms with Gasteiger partial charge in [-0.3, -0.25) is 0 Å². The van der Waals surface area contributed by atoms with Crippen molar-refractivity contribution in [3.05, 3.63) is 60.3 Å². The topological polar surface area (TPSA) is 73.9 Å². The molecule has 0 saturated carbocycles. The van der Waals surface area contributed by atoms with Crippen LogP contribution in [0.5, 0.6) is 5.75 Å². The van der Waals surface area contributed by atoms with Crippen LogP contribution in [-0.4, -0.2) is 32.8 Å². The van der Waals surface area contributed by atoms with Crippen LogP contribution in [0.4, 0.5) is 5.69 Å². The Balaban J connectivity index is 2.45. The maximum absolute atomic E-state index is 12.0. The molecule has 0 atom stereocenters. The summed E-state index contributed by atoms with van der Waals surface area (Å²) in [6, 6.07) is 15.3. The molecule has 26 heavy (non-hydrogen) atoms. The first-order valence-electron chi connectivity index (χ1n) is 8.06. The predicted octanol–water partition coefficient (Wildman–Crippen LogP) is 3.39. The van der Waals surface area contributed by atoms with Crippen molar-refractivity contribution in [2.45, 2.75) is 6.92 Å². The number of esters is 2. The normalized spacial score (nSPS) is 10.8. The number of ether oxygens (including phenoxy) is 3. The van der Waals surface area contributed by atoms with Gasteiger partial charge in [0.05, 0.1) is 32.6 Å². The first-order valence-corrected chi connectivity index (χ1v) is 8.06. The molecule has 2 rings (SSSR count). The van der Waals surface area contributed by atoms with E-state index in [2.05, 4.69) is 10.1 Å². The molecule has 0 saturated heterocycles. The van der Waals surface area contributed by atoms with Crippen LogP contribution in [0.1, 0.15) is 6.92 Å². The van der Waals surface area contributed by atoms with Gasteiger partial charge in [0, 0.05) is 0 Å². The molecule has 1 N–H and O–H groups in total. The highest BCUT2D eigenvalue weighted by Crippen LogP contribution is 2.32. The molecule has 0 heterocycles. The molecule has 0 aliphatic rings. The molecular formula is C20H21NO5.